The minimum Gasteiger partial charge on any atom is -0.262 e. The second-order valence-corrected chi connectivity index (χ2v) is 17.7. The van der Waals surface area contributed by atoms with Gasteiger partial charge in [-0.1, -0.05) is 186 Å². The van der Waals surface area contributed by atoms with E-state index in [2.05, 4.69) is 9.97 Å². The van der Waals surface area contributed by atoms with Crippen LogP contribution in [0.4, 0.5) is 0 Å². The first-order valence-electron chi connectivity index (χ1n) is 14.6. The Hall–Kier alpha value is -0.180. The third-order valence-corrected chi connectivity index (χ3v) is 12.3. The standard InChI is InChI=1S/2C18H7Cl8N/c2*19-7-1-9(21)15(10(22)2-7)18(17-13(25)5-27-6-14(17)26)16-11(23)3-8(20)4-12(16)24/h2*1-6,18H. The number of halogens is 16. The highest BCUT2D eigenvalue weighted by molar-refractivity contribution is 6.44. The Bertz CT molecular complexity index is 1990. The van der Waals surface area contributed by atoms with Gasteiger partial charge in [-0.25, -0.2) is 0 Å². The van der Waals surface area contributed by atoms with Gasteiger partial charge in [0.1, 0.15) is 0 Å². The monoisotopic (exact) mass is 1030 g/mol. The number of nitrogens with zero attached hydrogens (tertiary/aromatic N) is 2. The number of pyridine rings is 2. The van der Waals surface area contributed by atoms with E-state index in [-0.39, 0.29) is 0 Å². The molecule has 0 bridgehead atoms. The van der Waals surface area contributed by atoms with Crippen molar-refractivity contribution >= 4 is 186 Å². The van der Waals surface area contributed by atoms with Crippen molar-refractivity contribution in [1.29, 1.82) is 0 Å². The zero-order valence-electron chi connectivity index (χ0n) is 26.0. The Morgan fingerprint density at radius 1 is 0.241 bits per heavy atom. The van der Waals surface area contributed by atoms with Gasteiger partial charge in [-0.2, -0.15) is 0 Å². The van der Waals surface area contributed by atoms with Crippen molar-refractivity contribution in [2.24, 2.45) is 0 Å². The molecule has 0 unspecified atom stereocenters. The van der Waals surface area contributed by atoms with E-state index in [1.165, 1.54) is 24.8 Å². The summed E-state index contributed by atoms with van der Waals surface area (Å²) in [5.41, 5.74) is 3.02. The fraction of sp³-hybridized carbons (Fsp3) is 0.0556. The van der Waals surface area contributed by atoms with Gasteiger partial charge >= 0.3 is 0 Å². The van der Waals surface area contributed by atoms with Crippen LogP contribution in [0.5, 0.6) is 0 Å². The Morgan fingerprint density at radius 2 is 0.389 bits per heavy atom. The van der Waals surface area contributed by atoms with Crippen LogP contribution in [-0.4, -0.2) is 9.97 Å². The van der Waals surface area contributed by atoms with Gasteiger partial charge in [0.25, 0.3) is 0 Å². The van der Waals surface area contributed by atoms with Crippen molar-refractivity contribution in [2.75, 3.05) is 0 Å². The van der Waals surface area contributed by atoms with Crippen molar-refractivity contribution in [1.82, 2.24) is 9.97 Å². The normalized spacial score (nSPS) is 11.3. The maximum absolute atomic E-state index is 6.49. The summed E-state index contributed by atoms with van der Waals surface area (Å²) in [6, 6.07) is 12.5. The molecule has 0 aliphatic heterocycles. The van der Waals surface area contributed by atoms with Crippen LogP contribution >= 0.6 is 186 Å². The van der Waals surface area contributed by atoms with Gasteiger partial charge < -0.3 is 0 Å². The number of hydrogen-bond donors (Lipinski definition) is 0. The number of benzene rings is 4. The summed E-state index contributed by atoms with van der Waals surface area (Å²) >= 11 is 102. The third kappa shape index (κ3) is 9.98. The van der Waals surface area contributed by atoms with Gasteiger partial charge in [-0.3, -0.25) is 9.97 Å². The Morgan fingerprint density at radius 3 is 0.556 bits per heavy atom. The molecule has 6 aromatic rings. The number of hydrogen-bond acceptors (Lipinski definition) is 2. The zero-order valence-corrected chi connectivity index (χ0v) is 38.1. The van der Waals surface area contributed by atoms with Crippen LogP contribution < -0.4 is 0 Å². The molecule has 0 aliphatic carbocycles. The number of rotatable bonds is 6. The van der Waals surface area contributed by atoms with Crippen molar-refractivity contribution in [2.45, 2.75) is 11.8 Å². The SMILES string of the molecule is Clc1cc(Cl)c(C(c2c(Cl)cncc2Cl)c2c(Cl)cc(Cl)cc2Cl)c(Cl)c1.Clc1cc(Cl)c(C(c2c(Cl)cncc2Cl)c2c(Cl)cc(Cl)cc2Cl)c(Cl)c1. The molecular formula is C36H14Cl16N2. The molecule has 0 amide bonds. The molecule has 0 N–H and O–H groups in total. The molecular weight excluding hydrogens is 1030 g/mol. The van der Waals surface area contributed by atoms with E-state index in [0.717, 1.165) is 0 Å². The van der Waals surface area contributed by atoms with E-state index in [9.17, 15) is 0 Å². The van der Waals surface area contributed by atoms with Crippen molar-refractivity contribution in [3.8, 4) is 0 Å². The van der Waals surface area contributed by atoms with E-state index in [0.29, 0.717) is 114 Å². The van der Waals surface area contributed by atoms with Crippen molar-refractivity contribution < 1.29 is 0 Å². The van der Waals surface area contributed by atoms with Crippen LogP contribution in [0, 0.1) is 0 Å². The molecule has 6 rings (SSSR count). The summed E-state index contributed by atoms with van der Waals surface area (Å²) in [5.74, 6) is -1.36. The molecule has 18 heteroatoms. The summed E-state index contributed by atoms with van der Waals surface area (Å²) < 4.78 is 0. The molecule has 0 spiro atoms. The molecule has 0 saturated carbocycles. The Kier molecular flexibility index (Phi) is 16.0. The van der Waals surface area contributed by atoms with E-state index < -0.39 is 11.8 Å². The highest BCUT2D eigenvalue weighted by Gasteiger charge is 2.32. The molecule has 4 aromatic carbocycles. The van der Waals surface area contributed by atoms with Gasteiger partial charge in [-0.15, -0.1) is 0 Å². The quantitative estimate of drug-likeness (QED) is 0.166. The van der Waals surface area contributed by atoms with E-state index >= 15 is 0 Å². The first-order valence-corrected chi connectivity index (χ1v) is 20.6. The Labute approximate surface area is 390 Å². The lowest BCUT2D eigenvalue weighted by atomic mass is 9.85. The first-order chi connectivity index (χ1) is 25.4. The minimum absolute atomic E-state index is 0.302. The molecule has 2 nitrogen and oxygen atoms in total. The average Bonchev–Trinajstić information content (AvgIpc) is 3.02. The second kappa shape index (κ2) is 19.3. The maximum Gasteiger partial charge on any atom is 0.0645 e. The molecule has 280 valence electrons. The molecule has 2 heterocycles. The second-order valence-electron chi connectivity index (χ2n) is 11.0. The molecule has 0 aliphatic rings. The van der Waals surface area contributed by atoms with Gasteiger partial charge in [0.15, 0.2) is 0 Å². The van der Waals surface area contributed by atoms with Gasteiger partial charge in [0, 0.05) is 130 Å². The first kappa shape index (κ1) is 44.9. The minimum atomic E-state index is -0.678. The highest BCUT2D eigenvalue weighted by atomic mass is 35.5. The zero-order chi connectivity index (χ0) is 39.8. The average molecular weight is 1040 g/mol. The van der Waals surface area contributed by atoms with Gasteiger partial charge in [-0.05, 0) is 48.5 Å². The van der Waals surface area contributed by atoms with Crippen LogP contribution in [0.3, 0.4) is 0 Å². The largest absolute Gasteiger partial charge is 0.262 e. The maximum atomic E-state index is 6.49. The predicted octanol–water partition coefficient (Wildman–Crippen LogP) is 19.0. The molecule has 0 radical (unpaired) electrons. The molecule has 0 atom stereocenters. The summed E-state index contributed by atoms with van der Waals surface area (Å²) in [6.07, 6.45) is 5.85. The number of aromatic nitrogens is 2. The smallest absolute Gasteiger partial charge is 0.0645 e. The topological polar surface area (TPSA) is 25.8 Å². The molecule has 0 saturated heterocycles. The Balaban J connectivity index is 0.000000208. The third-order valence-electron chi connectivity index (χ3n) is 7.69. The summed E-state index contributed by atoms with van der Waals surface area (Å²) in [7, 11) is 0. The highest BCUT2D eigenvalue weighted by Crippen LogP contribution is 2.51. The molecule has 54 heavy (non-hydrogen) atoms. The predicted molar refractivity (Wildman–Crippen MR) is 236 cm³/mol. The summed E-state index contributed by atoms with van der Waals surface area (Å²) in [6.45, 7) is 0. The van der Waals surface area contributed by atoms with Crippen LogP contribution in [0.25, 0.3) is 0 Å². The lowest BCUT2D eigenvalue weighted by Crippen LogP contribution is -2.09. The van der Waals surface area contributed by atoms with Crippen molar-refractivity contribution in [3.63, 3.8) is 0 Å². The van der Waals surface area contributed by atoms with Crippen LogP contribution in [0.15, 0.2) is 73.3 Å². The van der Waals surface area contributed by atoms with Gasteiger partial charge in [0.2, 0.25) is 0 Å². The van der Waals surface area contributed by atoms with E-state index in [1.807, 2.05) is 0 Å². The fourth-order valence-corrected chi connectivity index (χ4v) is 10.9. The van der Waals surface area contributed by atoms with E-state index in [1.54, 1.807) is 48.5 Å². The lowest BCUT2D eigenvalue weighted by molar-refractivity contribution is 0.972. The van der Waals surface area contributed by atoms with Gasteiger partial charge in [0.05, 0.1) is 20.1 Å². The molecule has 2 aromatic heterocycles. The van der Waals surface area contributed by atoms with Crippen LogP contribution in [0.2, 0.25) is 80.4 Å². The van der Waals surface area contributed by atoms with Crippen molar-refractivity contribution in [3.05, 3.63) is 187 Å². The summed E-state index contributed by atoms with van der Waals surface area (Å²) in [5, 5.41) is 5.21. The lowest BCUT2D eigenvalue weighted by Gasteiger charge is -2.25. The van der Waals surface area contributed by atoms with Crippen LogP contribution in [0.1, 0.15) is 45.2 Å². The summed E-state index contributed by atoms with van der Waals surface area (Å²) in [4.78, 5) is 7.99. The van der Waals surface area contributed by atoms with E-state index in [4.69, 9.17) is 186 Å². The fourth-order valence-electron chi connectivity index (χ4n) is 5.58. The molecule has 0 fully saturated rings. The van der Waals surface area contributed by atoms with Crippen LogP contribution in [-0.2, 0) is 0 Å².